The maximum Gasteiger partial charge on any atom is 0.339 e. The lowest BCUT2D eigenvalue weighted by Gasteiger charge is -2.03. The van der Waals surface area contributed by atoms with Crippen molar-refractivity contribution in [2.75, 3.05) is 11.1 Å². The van der Waals surface area contributed by atoms with Crippen molar-refractivity contribution in [3.05, 3.63) is 60.2 Å². The first-order valence-corrected chi connectivity index (χ1v) is 5.75. The SMILES string of the molecule is Nc1ccc(C=NNC(=O)Nc2ccccc2)cc1. The molecule has 2 aromatic rings. The zero-order chi connectivity index (χ0) is 13.5. The molecule has 0 fully saturated rings. The Kier molecular flexibility index (Phi) is 4.12. The number of hydrazone groups is 1. The monoisotopic (exact) mass is 254 g/mol. The number of anilines is 2. The molecule has 2 rings (SSSR count). The number of carbonyl (C=O) groups excluding carboxylic acids is 1. The molecule has 0 spiro atoms. The molecule has 0 bridgehead atoms. The highest BCUT2D eigenvalue weighted by atomic mass is 16.2. The molecular weight excluding hydrogens is 240 g/mol. The number of nitrogens with two attached hydrogens (primary N) is 1. The Morgan fingerprint density at radius 3 is 2.42 bits per heavy atom. The highest BCUT2D eigenvalue weighted by Crippen LogP contribution is 2.04. The average Bonchev–Trinajstić information content (AvgIpc) is 2.42. The maximum atomic E-state index is 11.5. The van der Waals surface area contributed by atoms with Crippen LogP contribution >= 0.6 is 0 Å². The number of para-hydroxylation sites is 1. The van der Waals surface area contributed by atoms with Crippen molar-refractivity contribution < 1.29 is 4.79 Å². The summed E-state index contributed by atoms with van der Waals surface area (Å²) < 4.78 is 0. The molecule has 0 aliphatic heterocycles. The molecule has 5 heteroatoms. The first-order valence-electron chi connectivity index (χ1n) is 5.75. The number of amides is 2. The van der Waals surface area contributed by atoms with E-state index in [0.29, 0.717) is 11.4 Å². The van der Waals surface area contributed by atoms with Crippen LogP contribution in [0.15, 0.2) is 59.7 Å². The van der Waals surface area contributed by atoms with Crippen molar-refractivity contribution in [2.45, 2.75) is 0 Å². The van der Waals surface area contributed by atoms with Crippen molar-refractivity contribution in [2.24, 2.45) is 5.10 Å². The summed E-state index contributed by atoms with van der Waals surface area (Å²) in [4.78, 5) is 11.5. The molecule has 96 valence electrons. The van der Waals surface area contributed by atoms with Crippen molar-refractivity contribution in [3.8, 4) is 0 Å². The molecule has 5 nitrogen and oxygen atoms in total. The van der Waals surface area contributed by atoms with Gasteiger partial charge in [-0.3, -0.25) is 0 Å². The van der Waals surface area contributed by atoms with Gasteiger partial charge < -0.3 is 11.1 Å². The minimum absolute atomic E-state index is 0.391. The van der Waals surface area contributed by atoms with E-state index in [4.69, 9.17) is 5.73 Å². The quantitative estimate of drug-likeness (QED) is 0.447. The fourth-order valence-electron chi connectivity index (χ4n) is 1.43. The third-order valence-corrected chi connectivity index (χ3v) is 2.35. The first kappa shape index (κ1) is 12.6. The van der Waals surface area contributed by atoms with E-state index in [9.17, 15) is 4.79 Å². The highest BCUT2D eigenvalue weighted by molar-refractivity contribution is 5.90. The van der Waals surface area contributed by atoms with E-state index in [2.05, 4.69) is 15.8 Å². The molecule has 0 radical (unpaired) electrons. The Hall–Kier alpha value is -2.82. The second kappa shape index (κ2) is 6.20. The van der Waals surface area contributed by atoms with Gasteiger partial charge in [-0.1, -0.05) is 30.3 Å². The molecule has 2 amide bonds. The molecule has 0 aromatic heterocycles. The Morgan fingerprint density at radius 2 is 1.74 bits per heavy atom. The number of benzene rings is 2. The van der Waals surface area contributed by atoms with Crippen molar-refractivity contribution in [1.29, 1.82) is 0 Å². The number of nitrogens with one attached hydrogen (secondary N) is 2. The summed E-state index contributed by atoms with van der Waals surface area (Å²) in [6, 6.07) is 15.9. The van der Waals surface area contributed by atoms with Crippen LogP contribution in [-0.2, 0) is 0 Å². The van der Waals surface area contributed by atoms with Crippen LogP contribution in [-0.4, -0.2) is 12.2 Å². The molecule has 0 atom stereocenters. The summed E-state index contributed by atoms with van der Waals surface area (Å²) >= 11 is 0. The third kappa shape index (κ3) is 4.16. The summed E-state index contributed by atoms with van der Waals surface area (Å²) in [7, 11) is 0. The zero-order valence-corrected chi connectivity index (χ0v) is 10.2. The lowest BCUT2D eigenvalue weighted by molar-refractivity contribution is 0.252. The summed E-state index contributed by atoms with van der Waals surface area (Å²) in [5.74, 6) is 0. The van der Waals surface area contributed by atoms with Gasteiger partial charge in [0.05, 0.1) is 6.21 Å². The first-order chi connectivity index (χ1) is 9.24. The molecule has 0 heterocycles. The zero-order valence-electron chi connectivity index (χ0n) is 10.2. The lowest BCUT2D eigenvalue weighted by Crippen LogP contribution is -2.24. The minimum atomic E-state index is -0.391. The Morgan fingerprint density at radius 1 is 1.05 bits per heavy atom. The predicted molar refractivity (Wildman–Crippen MR) is 77.0 cm³/mol. The average molecular weight is 254 g/mol. The topological polar surface area (TPSA) is 79.5 Å². The lowest BCUT2D eigenvalue weighted by atomic mass is 10.2. The molecular formula is C14H14N4O. The summed E-state index contributed by atoms with van der Waals surface area (Å²) in [6.07, 6.45) is 1.55. The predicted octanol–water partition coefficient (Wildman–Crippen LogP) is 2.42. The van der Waals surface area contributed by atoms with Crippen molar-refractivity contribution in [3.63, 3.8) is 0 Å². The van der Waals surface area contributed by atoms with E-state index in [1.807, 2.05) is 30.3 Å². The van der Waals surface area contributed by atoms with Gasteiger partial charge in [-0.2, -0.15) is 5.10 Å². The molecule has 4 N–H and O–H groups in total. The number of nitrogens with zero attached hydrogens (tertiary/aromatic N) is 1. The Labute approximate surface area is 111 Å². The molecule has 19 heavy (non-hydrogen) atoms. The number of carbonyl (C=O) groups is 1. The maximum absolute atomic E-state index is 11.5. The van der Waals surface area contributed by atoms with Crippen molar-refractivity contribution >= 4 is 23.6 Å². The van der Waals surface area contributed by atoms with E-state index >= 15 is 0 Å². The molecule has 0 unspecified atom stereocenters. The summed E-state index contributed by atoms with van der Waals surface area (Å²) in [6.45, 7) is 0. The van der Waals surface area contributed by atoms with Gasteiger partial charge in [0.25, 0.3) is 0 Å². The van der Waals surface area contributed by atoms with Gasteiger partial charge in [-0.25, -0.2) is 10.2 Å². The highest BCUT2D eigenvalue weighted by Gasteiger charge is 1.97. The van der Waals surface area contributed by atoms with E-state index in [1.165, 1.54) is 0 Å². The van der Waals surface area contributed by atoms with Crippen molar-refractivity contribution in [1.82, 2.24) is 5.43 Å². The molecule has 2 aromatic carbocycles. The van der Waals surface area contributed by atoms with Gasteiger partial charge in [0.15, 0.2) is 0 Å². The molecule has 0 aliphatic carbocycles. The standard InChI is InChI=1S/C14H14N4O/c15-12-8-6-11(7-9-12)10-16-18-14(19)17-13-4-2-1-3-5-13/h1-10H,15H2,(H2,17,18,19). The second-order valence-corrected chi connectivity index (χ2v) is 3.86. The van der Waals surface area contributed by atoms with Crippen LogP contribution in [0.3, 0.4) is 0 Å². The van der Waals surface area contributed by atoms with Crippen LogP contribution in [0.5, 0.6) is 0 Å². The largest absolute Gasteiger partial charge is 0.399 e. The van der Waals surface area contributed by atoms with Gasteiger partial charge in [-0.05, 0) is 29.8 Å². The van der Waals surface area contributed by atoms with Crippen LogP contribution in [0.25, 0.3) is 0 Å². The van der Waals surface area contributed by atoms with Gasteiger partial charge in [0, 0.05) is 11.4 Å². The summed E-state index contributed by atoms with van der Waals surface area (Å²) in [5, 5.41) is 6.49. The van der Waals surface area contributed by atoms with E-state index in [-0.39, 0.29) is 0 Å². The van der Waals surface area contributed by atoms with Gasteiger partial charge in [0.1, 0.15) is 0 Å². The Bertz CT molecular complexity index is 564. The third-order valence-electron chi connectivity index (χ3n) is 2.35. The van der Waals surface area contributed by atoms with E-state index in [0.717, 1.165) is 5.56 Å². The van der Waals surface area contributed by atoms with Crippen LogP contribution in [0, 0.1) is 0 Å². The van der Waals surface area contributed by atoms with Crippen LogP contribution in [0.2, 0.25) is 0 Å². The summed E-state index contributed by atoms with van der Waals surface area (Å²) in [5.41, 5.74) is 10.2. The molecule has 0 saturated heterocycles. The fraction of sp³-hybridized carbons (Fsp3) is 0. The van der Waals surface area contributed by atoms with Crippen LogP contribution in [0.4, 0.5) is 16.2 Å². The second-order valence-electron chi connectivity index (χ2n) is 3.86. The normalized spacial score (nSPS) is 10.3. The smallest absolute Gasteiger partial charge is 0.339 e. The van der Waals surface area contributed by atoms with Gasteiger partial charge in [0.2, 0.25) is 0 Å². The number of hydrogen-bond donors (Lipinski definition) is 3. The molecule has 0 aliphatic rings. The Balaban J connectivity index is 1.85. The van der Waals surface area contributed by atoms with Crippen LogP contribution in [0.1, 0.15) is 5.56 Å². The number of urea groups is 1. The van der Waals surface area contributed by atoms with Gasteiger partial charge >= 0.3 is 6.03 Å². The van der Waals surface area contributed by atoms with Crippen LogP contribution < -0.4 is 16.5 Å². The fourth-order valence-corrected chi connectivity index (χ4v) is 1.43. The molecule has 0 saturated carbocycles. The minimum Gasteiger partial charge on any atom is -0.399 e. The number of rotatable bonds is 3. The van der Waals surface area contributed by atoms with E-state index in [1.54, 1.807) is 30.5 Å². The van der Waals surface area contributed by atoms with Gasteiger partial charge in [-0.15, -0.1) is 0 Å². The number of hydrogen-bond acceptors (Lipinski definition) is 3. The van der Waals surface area contributed by atoms with E-state index < -0.39 is 6.03 Å². The number of nitrogen functional groups attached to an aromatic ring is 1.